The molecular formula is C20H23ClN4O3S. The van der Waals surface area contributed by atoms with Crippen LogP contribution >= 0.6 is 23.4 Å². The number of carbonyl (C=O) groups is 1. The van der Waals surface area contributed by atoms with E-state index in [4.69, 9.17) is 16.1 Å². The molecule has 0 aliphatic heterocycles. The highest BCUT2D eigenvalue weighted by molar-refractivity contribution is 7.99. The van der Waals surface area contributed by atoms with Gasteiger partial charge in [-0.1, -0.05) is 56.2 Å². The first-order valence-corrected chi connectivity index (χ1v) is 10.7. The number of thioether (sulfide) groups is 1. The average molecular weight is 435 g/mol. The van der Waals surface area contributed by atoms with E-state index in [0.29, 0.717) is 33.5 Å². The topological polar surface area (TPSA) is 90.0 Å². The van der Waals surface area contributed by atoms with Crippen LogP contribution in [0.15, 0.2) is 38.7 Å². The minimum Gasteiger partial charge on any atom is -0.338 e. The van der Waals surface area contributed by atoms with Crippen LogP contribution in [0.2, 0.25) is 5.02 Å². The largest absolute Gasteiger partial charge is 0.338 e. The molecule has 0 saturated heterocycles. The fourth-order valence-electron chi connectivity index (χ4n) is 2.73. The first kappa shape index (κ1) is 21.4. The molecule has 0 fully saturated rings. The molecule has 3 aromatic rings. The molecule has 2 heterocycles. The lowest BCUT2D eigenvalue weighted by molar-refractivity contribution is -0.113. The van der Waals surface area contributed by atoms with E-state index in [1.807, 2.05) is 27.7 Å². The first-order valence-electron chi connectivity index (χ1n) is 9.34. The van der Waals surface area contributed by atoms with Gasteiger partial charge in [0.15, 0.2) is 5.16 Å². The summed E-state index contributed by atoms with van der Waals surface area (Å²) >= 11 is 7.25. The Morgan fingerprint density at radius 3 is 2.69 bits per heavy atom. The lowest BCUT2D eigenvalue weighted by Crippen LogP contribution is -2.26. The molecule has 1 amide bonds. The van der Waals surface area contributed by atoms with Crippen LogP contribution in [0.25, 0.3) is 10.9 Å². The number of hydrogen-bond donors (Lipinski definition) is 1. The summed E-state index contributed by atoms with van der Waals surface area (Å²) in [7, 11) is 0. The molecule has 0 aliphatic carbocycles. The van der Waals surface area contributed by atoms with E-state index in [2.05, 4.69) is 15.5 Å². The molecule has 1 N–H and O–H groups in total. The number of nitrogens with zero attached hydrogens (tertiary/aromatic N) is 3. The molecule has 0 atom stereocenters. The van der Waals surface area contributed by atoms with Crippen LogP contribution in [-0.4, -0.2) is 26.4 Å². The van der Waals surface area contributed by atoms with Gasteiger partial charge in [-0.3, -0.25) is 19.5 Å². The van der Waals surface area contributed by atoms with Crippen molar-refractivity contribution in [1.82, 2.24) is 14.7 Å². The number of hydrogen-bond acceptors (Lipinski definition) is 6. The number of halogens is 1. The van der Waals surface area contributed by atoms with Gasteiger partial charge in [-0.2, -0.15) is 0 Å². The number of nitrogens with one attached hydrogen (secondary N) is 1. The highest BCUT2D eigenvalue weighted by atomic mass is 35.5. The summed E-state index contributed by atoms with van der Waals surface area (Å²) in [5.74, 6) is 0.576. The van der Waals surface area contributed by atoms with Gasteiger partial charge in [0.25, 0.3) is 5.56 Å². The molecule has 0 bridgehead atoms. The van der Waals surface area contributed by atoms with E-state index in [0.717, 1.165) is 5.69 Å². The zero-order valence-corrected chi connectivity index (χ0v) is 18.3. The third kappa shape index (κ3) is 5.19. The Kier molecular flexibility index (Phi) is 6.64. The summed E-state index contributed by atoms with van der Waals surface area (Å²) in [5, 5.41) is 8.06. The van der Waals surface area contributed by atoms with Crippen molar-refractivity contribution in [3.8, 4) is 0 Å². The van der Waals surface area contributed by atoms with E-state index in [-0.39, 0.29) is 29.1 Å². The highest BCUT2D eigenvalue weighted by Gasteiger charge is 2.16. The van der Waals surface area contributed by atoms with Gasteiger partial charge in [0.05, 0.1) is 22.3 Å². The Bertz CT molecular complexity index is 1090. The molecular weight excluding hydrogens is 412 g/mol. The molecule has 0 saturated carbocycles. The van der Waals surface area contributed by atoms with Crippen molar-refractivity contribution in [3.05, 3.63) is 45.3 Å². The number of carbonyl (C=O) groups excluding carboxylic acids is 1. The second-order valence-electron chi connectivity index (χ2n) is 7.47. The van der Waals surface area contributed by atoms with Crippen LogP contribution in [0.4, 0.5) is 5.88 Å². The van der Waals surface area contributed by atoms with Gasteiger partial charge in [0.2, 0.25) is 11.8 Å². The molecule has 29 heavy (non-hydrogen) atoms. The molecule has 2 aromatic heterocycles. The van der Waals surface area contributed by atoms with Crippen LogP contribution in [0.3, 0.4) is 0 Å². The monoisotopic (exact) mass is 434 g/mol. The quantitative estimate of drug-likeness (QED) is 0.433. The zero-order chi connectivity index (χ0) is 21.1. The minimum atomic E-state index is -0.261. The van der Waals surface area contributed by atoms with Crippen LogP contribution in [0.1, 0.15) is 39.3 Å². The highest BCUT2D eigenvalue weighted by Crippen LogP contribution is 2.22. The molecule has 7 nitrogen and oxygen atoms in total. The summed E-state index contributed by atoms with van der Waals surface area (Å²) in [6.45, 7) is 8.52. The lowest BCUT2D eigenvalue weighted by Gasteiger charge is -2.14. The average Bonchev–Trinajstić information content (AvgIpc) is 3.11. The van der Waals surface area contributed by atoms with Crippen LogP contribution in [0, 0.1) is 5.92 Å². The molecule has 9 heteroatoms. The van der Waals surface area contributed by atoms with E-state index < -0.39 is 0 Å². The van der Waals surface area contributed by atoms with Crippen molar-refractivity contribution in [1.29, 1.82) is 0 Å². The number of fused-ring (bicyclic) bond motifs is 1. The van der Waals surface area contributed by atoms with Crippen molar-refractivity contribution >= 4 is 46.1 Å². The molecule has 1 aromatic carbocycles. The molecule has 154 valence electrons. The van der Waals surface area contributed by atoms with Crippen molar-refractivity contribution in [2.45, 2.75) is 45.3 Å². The van der Waals surface area contributed by atoms with Gasteiger partial charge in [-0.25, -0.2) is 4.98 Å². The standard InChI is InChI=1S/C20H23ClN4O3S/c1-11(2)9-25-19(27)14-7-13(21)5-6-15(14)22-20(25)29-10-17(26)23-18-8-16(12(3)4)24-28-18/h5-8,11-12H,9-10H2,1-4H3,(H,23,26). The van der Waals surface area contributed by atoms with Gasteiger partial charge in [-0.15, -0.1) is 0 Å². The smallest absolute Gasteiger partial charge is 0.262 e. The maximum Gasteiger partial charge on any atom is 0.262 e. The van der Waals surface area contributed by atoms with Crippen molar-refractivity contribution in [2.24, 2.45) is 5.92 Å². The van der Waals surface area contributed by atoms with Crippen molar-refractivity contribution < 1.29 is 9.32 Å². The van der Waals surface area contributed by atoms with Crippen molar-refractivity contribution in [2.75, 3.05) is 11.1 Å². The molecule has 3 rings (SSSR count). The van der Waals surface area contributed by atoms with E-state index in [1.165, 1.54) is 11.8 Å². The predicted octanol–water partition coefficient (Wildman–Crippen LogP) is 4.55. The summed E-state index contributed by atoms with van der Waals surface area (Å²) in [6, 6.07) is 6.74. The van der Waals surface area contributed by atoms with Gasteiger partial charge in [0, 0.05) is 17.6 Å². The summed E-state index contributed by atoms with van der Waals surface area (Å²) in [5.41, 5.74) is 1.17. The van der Waals surface area contributed by atoms with E-state index in [1.54, 1.807) is 28.8 Å². The van der Waals surface area contributed by atoms with Gasteiger partial charge in [0.1, 0.15) is 0 Å². The normalized spacial score (nSPS) is 11.6. The second-order valence-corrected chi connectivity index (χ2v) is 8.85. The van der Waals surface area contributed by atoms with Crippen LogP contribution in [-0.2, 0) is 11.3 Å². The number of benzene rings is 1. The van der Waals surface area contributed by atoms with Crippen LogP contribution < -0.4 is 10.9 Å². The molecule has 0 unspecified atom stereocenters. The zero-order valence-electron chi connectivity index (χ0n) is 16.7. The summed E-state index contributed by atoms with van der Waals surface area (Å²) in [6.07, 6.45) is 0. The number of anilines is 1. The third-order valence-electron chi connectivity index (χ3n) is 4.14. The first-order chi connectivity index (χ1) is 13.7. The van der Waals surface area contributed by atoms with Crippen molar-refractivity contribution in [3.63, 3.8) is 0 Å². The van der Waals surface area contributed by atoms with Gasteiger partial charge >= 0.3 is 0 Å². The SMILES string of the molecule is CC(C)Cn1c(SCC(=O)Nc2cc(C(C)C)no2)nc2ccc(Cl)cc2c1=O. The number of amides is 1. The third-order valence-corrected chi connectivity index (χ3v) is 5.36. The van der Waals surface area contributed by atoms with Gasteiger partial charge < -0.3 is 4.52 Å². The predicted molar refractivity (Wildman–Crippen MR) is 116 cm³/mol. The molecule has 0 radical (unpaired) electrons. The Hall–Kier alpha value is -2.32. The maximum absolute atomic E-state index is 13.0. The summed E-state index contributed by atoms with van der Waals surface area (Å²) in [4.78, 5) is 29.9. The Morgan fingerprint density at radius 2 is 2.03 bits per heavy atom. The Labute approximate surface area is 177 Å². The summed E-state index contributed by atoms with van der Waals surface area (Å²) < 4.78 is 6.74. The number of rotatable bonds is 7. The van der Waals surface area contributed by atoms with Gasteiger partial charge in [-0.05, 0) is 30.0 Å². The molecule has 0 aliphatic rings. The minimum absolute atomic E-state index is 0.0847. The fraction of sp³-hybridized carbons (Fsp3) is 0.400. The Balaban J connectivity index is 1.81. The van der Waals surface area contributed by atoms with E-state index in [9.17, 15) is 9.59 Å². The Morgan fingerprint density at radius 1 is 1.28 bits per heavy atom. The second kappa shape index (κ2) is 9.00. The molecule has 0 spiro atoms. The number of aromatic nitrogens is 3. The van der Waals surface area contributed by atoms with E-state index >= 15 is 0 Å². The fourth-order valence-corrected chi connectivity index (χ4v) is 3.71. The maximum atomic E-state index is 13.0. The van der Waals surface area contributed by atoms with Crippen LogP contribution in [0.5, 0.6) is 0 Å². The lowest BCUT2D eigenvalue weighted by atomic mass is 10.1.